The lowest BCUT2D eigenvalue weighted by atomic mass is 10.0. The number of nitrogens with zero attached hydrogens (tertiary/aromatic N) is 2. The van der Waals surface area contributed by atoms with Crippen molar-refractivity contribution in [1.82, 2.24) is 10.3 Å². The van der Waals surface area contributed by atoms with Crippen LogP contribution in [0, 0.1) is 5.41 Å². The Morgan fingerprint density at radius 2 is 2.06 bits per heavy atom. The fourth-order valence-corrected chi connectivity index (χ4v) is 2.95. The molecule has 0 radical (unpaired) electrons. The summed E-state index contributed by atoms with van der Waals surface area (Å²) in [5.74, 6) is 1.26. The number of aliphatic imine (C=N–C) groups is 1. The van der Waals surface area contributed by atoms with Gasteiger partial charge in [0.1, 0.15) is 11.5 Å². The smallest absolute Gasteiger partial charge is 0.248 e. The monoisotopic (exact) mass is 427 g/mol. The van der Waals surface area contributed by atoms with E-state index in [1.807, 2.05) is 24.3 Å². The summed E-state index contributed by atoms with van der Waals surface area (Å²) in [6.07, 6.45) is 18.4. The number of ether oxygens (including phenoxy) is 1. The van der Waals surface area contributed by atoms with E-state index in [-0.39, 0.29) is 5.91 Å². The van der Waals surface area contributed by atoms with Gasteiger partial charge in [-0.15, -0.1) is 0 Å². The number of hydrogen-bond donors (Lipinski definition) is 3. The first kappa shape index (κ1) is 22.4. The fraction of sp³-hybridized carbons (Fsp3) is 0.120. The van der Waals surface area contributed by atoms with Crippen LogP contribution in [0.2, 0.25) is 0 Å². The molecule has 1 aromatic carbocycles. The summed E-state index contributed by atoms with van der Waals surface area (Å²) in [5.41, 5.74) is 2.89. The lowest BCUT2D eigenvalue weighted by Crippen LogP contribution is -2.08. The van der Waals surface area contributed by atoms with Gasteiger partial charge < -0.3 is 20.8 Å². The summed E-state index contributed by atoms with van der Waals surface area (Å²) in [5, 5.41) is 13.4. The molecule has 1 aromatic heterocycles. The maximum Gasteiger partial charge on any atom is 0.248 e. The number of benzene rings is 1. The molecule has 0 bridgehead atoms. The second-order valence-corrected chi connectivity index (χ2v) is 6.77. The van der Waals surface area contributed by atoms with Crippen molar-refractivity contribution >= 4 is 35.7 Å². The number of amides is 1. The summed E-state index contributed by atoms with van der Waals surface area (Å²) < 4.78 is 5.90. The molecule has 3 N–H and O–H groups in total. The molecule has 7 nitrogen and oxygen atoms in total. The van der Waals surface area contributed by atoms with Crippen LogP contribution in [0.3, 0.4) is 0 Å². The fourth-order valence-electron chi connectivity index (χ4n) is 2.95. The van der Waals surface area contributed by atoms with Crippen LogP contribution in [0.5, 0.6) is 5.75 Å². The maximum atomic E-state index is 12.4. The van der Waals surface area contributed by atoms with E-state index in [0.717, 1.165) is 23.3 Å². The van der Waals surface area contributed by atoms with E-state index in [1.165, 1.54) is 12.3 Å². The van der Waals surface area contributed by atoms with Crippen molar-refractivity contribution in [3.8, 4) is 5.75 Å². The average Bonchev–Trinajstić information content (AvgIpc) is 2.79. The first-order chi connectivity index (χ1) is 15.7. The average molecular weight is 428 g/mol. The van der Waals surface area contributed by atoms with E-state index in [9.17, 15) is 4.79 Å². The molecule has 0 fully saturated rings. The standard InChI is InChI=1S/C25H25N5O2/c1-27-17-20(16-26)24-12-15-29-18-19(24)5-10-25(31)30-21-6-8-23(9-7-21)32-22-4-2-3-13-28-14-11-22/h3-10,12-18,26-27H,2,11H2,1H3,(H,30,31)/b10-5+,13-3?,20-17+,22-4+,26-16?,28-14-. The van der Waals surface area contributed by atoms with Crippen molar-refractivity contribution in [2.45, 2.75) is 12.8 Å². The van der Waals surface area contributed by atoms with Gasteiger partial charge in [0.25, 0.3) is 0 Å². The van der Waals surface area contributed by atoms with Crippen LogP contribution in [-0.2, 0) is 4.79 Å². The Hall–Kier alpha value is -4.26. The largest absolute Gasteiger partial charge is 0.462 e. The molecule has 0 saturated heterocycles. The summed E-state index contributed by atoms with van der Waals surface area (Å²) >= 11 is 0. The molecule has 1 amide bonds. The van der Waals surface area contributed by atoms with Crippen LogP contribution in [0.1, 0.15) is 24.0 Å². The molecule has 32 heavy (non-hydrogen) atoms. The van der Waals surface area contributed by atoms with Crippen molar-refractivity contribution in [2.75, 3.05) is 12.4 Å². The minimum Gasteiger partial charge on any atom is -0.462 e. The molecule has 2 heterocycles. The highest BCUT2D eigenvalue weighted by Gasteiger charge is 2.06. The Kier molecular flexibility index (Phi) is 8.27. The SMILES string of the molecule is CN/C=C(\C=N)c1ccncc1/C=C/C(=O)Nc1ccc(O/C2=C/CC=C/N=C\C2)cc1. The van der Waals surface area contributed by atoms with Crippen LogP contribution in [0.15, 0.2) is 84.1 Å². The minimum absolute atomic E-state index is 0.270. The number of allylic oxidation sites excluding steroid dienone is 4. The number of anilines is 1. The Labute approximate surface area is 187 Å². The van der Waals surface area contributed by atoms with Crippen LogP contribution < -0.4 is 15.4 Å². The third kappa shape index (κ3) is 6.63. The predicted molar refractivity (Wildman–Crippen MR) is 130 cm³/mol. The Balaban J connectivity index is 1.63. The normalized spacial score (nSPS) is 16.4. The van der Waals surface area contributed by atoms with Crippen LogP contribution in [-0.4, -0.2) is 30.4 Å². The summed E-state index contributed by atoms with van der Waals surface area (Å²) in [7, 11) is 1.77. The van der Waals surface area contributed by atoms with Gasteiger partial charge in [-0.3, -0.25) is 14.8 Å². The van der Waals surface area contributed by atoms with Crippen molar-refractivity contribution in [2.24, 2.45) is 4.99 Å². The van der Waals surface area contributed by atoms with E-state index < -0.39 is 0 Å². The highest BCUT2D eigenvalue weighted by Crippen LogP contribution is 2.20. The number of pyridine rings is 1. The Morgan fingerprint density at radius 3 is 2.84 bits per heavy atom. The van der Waals surface area contributed by atoms with Gasteiger partial charge in [0.15, 0.2) is 0 Å². The number of carbonyl (C=O) groups excluding carboxylic acids is 1. The quantitative estimate of drug-likeness (QED) is 0.424. The Bertz CT molecular complexity index is 1100. The number of aromatic nitrogens is 1. The molecule has 7 heteroatoms. The zero-order valence-electron chi connectivity index (χ0n) is 17.8. The summed E-state index contributed by atoms with van der Waals surface area (Å²) in [6.45, 7) is 0. The van der Waals surface area contributed by atoms with Gasteiger partial charge in [0.05, 0.1) is 0 Å². The number of carbonyl (C=O) groups is 1. The summed E-state index contributed by atoms with van der Waals surface area (Å²) in [6, 6.07) is 9.00. The topological polar surface area (TPSA) is 99.5 Å². The lowest BCUT2D eigenvalue weighted by Gasteiger charge is -2.10. The molecule has 0 saturated carbocycles. The molecule has 0 spiro atoms. The first-order valence-electron chi connectivity index (χ1n) is 10.1. The van der Waals surface area contributed by atoms with Gasteiger partial charge in [-0.05, 0) is 54.5 Å². The second kappa shape index (κ2) is 11.8. The van der Waals surface area contributed by atoms with E-state index in [4.69, 9.17) is 10.1 Å². The second-order valence-electron chi connectivity index (χ2n) is 6.77. The number of rotatable bonds is 8. The van der Waals surface area contributed by atoms with Crippen molar-refractivity contribution < 1.29 is 9.53 Å². The third-order valence-corrected chi connectivity index (χ3v) is 4.47. The lowest BCUT2D eigenvalue weighted by molar-refractivity contribution is -0.111. The van der Waals surface area contributed by atoms with E-state index in [2.05, 4.69) is 20.6 Å². The zero-order chi connectivity index (χ0) is 22.6. The number of hydrogen-bond acceptors (Lipinski definition) is 6. The first-order valence-corrected chi connectivity index (χ1v) is 10.1. The predicted octanol–water partition coefficient (Wildman–Crippen LogP) is 4.58. The van der Waals surface area contributed by atoms with E-state index in [0.29, 0.717) is 23.4 Å². The van der Waals surface area contributed by atoms with Crippen LogP contribution in [0.4, 0.5) is 5.69 Å². The highest BCUT2D eigenvalue weighted by molar-refractivity contribution is 6.10. The molecule has 2 aromatic rings. The van der Waals surface area contributed by atoms with Crippen molar-refractivity contribution in [3.05, 3.63) is 90.2 Å². The minimum atomic E-state index is -0.270. The van der Waals surface area contributed by atoms with Gasteiger partial charge in [-0.1, -0.05) is 6.08 Å². The molecule has 0 unspecified atom stereocenters. The van der Waals surface area contributed by atoms with Gasteiger partial charge in [0.2, 0.25) is 5.91 Å². The molecule has 0 aliphatic carbocycles. The van der Waals surface area contributed by atoms with Gasteiger partial charge >= 0.3 is 0 Å². The van der Waals surface area contributed by atoms with Gasteiger partial charge in [0, 0.05) is 73.6 Å². The molecule has 0 atom stereocenters. The molecule has 162 valence electrons. The Morgan fingerprint density at radius 1 is 1.22 bits per heavy atom. The summed E-state index contributed by atoms with van der Waals surface area (Å²) in [4.78, 5) is 20.6. The third-order valence-electron chi connectivity index (χ3n) is 4.47. The van der Waals surface area contributed by atoms with Crippen LogP contribution in [0.25, 0.3) is 11.6 Å². The molecular weight excluding hydrogens is 402 g/mol. The van der Waals surface area contributed by atoms with E-state index in [1.54, 1.807) is 62.3 Å². The molecule has 1 aliphatic rings. The van der Waals surface area contributed by atoms with Gasteiger partial charge in [-0.2, -0.15) is 0 Å². The van der Waals surface area contributed by atoms with Crippen LogP contribution >= 0.6 is 0 Å². The maximum absolute atomic E-state index is 12.4. The number of nitrogens with one attached hydrogen (secondary N) is 3. The van der Waals surface area contributed by atoms with Gasteiger partial charge in [-0.25, -0.2) is 0 Å². The molecular formula is C25H25N5O2. The highest BCUT2D eigenvalue weighted by atomic mass is 16.5. The van der Waals surface area contributed by atoms with Crippen molar-refractivity contribution in [3.63, 3.8) is 0 Å². The molecule has 3 rings (SSSR count). The molecule has 1 aliphatic heterocycles. The van der Waals surface area contributed by atoms with E-state index >= 15 is 0 Å². The zero-order valence-corrected chi connectivity index (χ0v) is 17.8. The van der Waals surface area contributed by atoms with Crippen molar-refractivity contribution in [1.29, 1.82) is 5.41 Å².